The predicted octanol–water partition coefficient (Wildman–Crippen LogP) is 2.74. The Labute approximate surface area is 108 Å². The third-order valence-corrected chi connectivity index (χ3v) is 3.06. The summed E-state index contributed by atoms with van der Waals surface area (Å²) in [6, 6.07) is 6.10. The average Bonchev–Trinajstić information content (AvgIpc) is 2.30. The summed E-state index contributed by atoms with van der Waals surface area (Å²) >= 11 is 6.03. The molecule has 0 bridgehead atoms. The van der Waals surface area contributed by atoms with E-state index in [0.717, 1.165) is 29.2 Å². The number of hydrogen-bond acceptors (Lipinski definition) is 3. The van der Waals surface area contributed by atoms with Crippen LogP contribution >= 0.6 is 11.6 Å². The Morgan fingerprint density at radius 1 is 1.41 bits per heavy atom. The summed E-state index contributed by atoms with van der Waals surface area (Å²) in [6.45, 7) is 2.02. The minimum absolute atomic E-state index is 0.205. The molecule has 3 nitrogen and oxygen atoms in total. The maximum atomic E-state index is 6.03. The quantitative estimate of drug-likeness (QED) is 0.823. The van der Waals surface area contributed by atoms with Crippen molar-refractivity contribution >= 4 is 11.6 Å². The minimum Gasteiger partial charge on any atom is -0.496 e. The highest BCUT2D eigenvalue weighted by Gasteiger charge is 2.15. The minimum atomic E-state index is 0.205. The van der Waals surface area contributed by atoms with Gasteiger partial charge in [0.2, 0.25) is 0 Å². The van der Waals surface area contributed by atoms with Crippen molar-refractivity contribution in [1.29, 1.82) is 0 Å². The second kappa shape index (κ2) is 6.84. The van der Waals surface area contributed by atoms with Crippen molar-refractivity contribution in [3.63, 3.8) is 0 Å². The number of halogens is 1. The van der Waals surface area contributed by atoms with Gasteiger partial charge in [0.1, 0.15) is 5.75 Å². The van der Waals surface area contributed by atoms with E-state index in [1.165, 1.54) is 0 Å². The molecular weight excluding hydrogens is 236 g/mol. The molecule has 0 aromatic heterocycles. The van der Waals surface area contributed by atoms with Crippen LogP contribution < -0.4 is 15.8 Å². The molecule has 0 aliphatic carbocycles. The maximum Gasteiger partial charge on any atom is 0.123 e. The first-order valence-electron chi connectivity index (χ1n) is 5.84. The van der Waals surface area contributed by atoms with Gasteiger partial charge in [0.05, 0.1) is 7.11 Å². The van der Waals surface area contributed by atoms with Crippen LogP contribution in [-0.2, 0) is 0 Å². The van der Waals surface area contributed by atoms with E-state index in [1.54, 1.807) is 7.11 Å². The first kappa shape index (κ1) is 14.3. The van der Waals surface area contributed by atoms with Crippen LogP contribution in [0.25, 0.3) is 0 Å². The van der Waals surface area contributed by atoms with Gasteiger partial charge in [0.15, 0.2) is 0 Å². The largest absolute Gasteiger partial charge is 0.496 e. The van der Waals surface area contributed by atoms with E-state index >= 15 is 0 Å². The topological polar surface area (TPSA) is 47.3 Å². The summed E-state index contributed by atoms with van der Waals surface area (Å²) < 4.78 is 5.36. The van der Waals surface area contributed by atoms with E-state index < -0.39 is 0 Å². The molecule has 1 aromatic rings. The summed E-state index contributed by atoms with van der Waals surface area (Å²) in [5, 5.41) is 4.01. The molecule has 0 aliphatic rings. The fourth-order valence-electron chi connectivity index (χ4n) is 1.86. The molecule has 0 saturated heterocycles. The smallest absolute Gasteiger partial charge is 0.123 e. The van der Waals surface area contributed by atoms with Crippen LogP contribution in [0.15, 0.2) is 18.2 Å². The SMILES string of the molecule is CNC(CCC(C)N)c1cc(Cl)ccc1OC. The fourth-order valence-corrected chi connectivity index (χ4v) is 2.04. The van der Waals surface area contributed by atoms with Gasteiger partial charge in [-0.05, 0) is 45.0 Å². The zero-order valence-corrected chi connectivity index (χ0v) is 11.4. The van der Waals surface area contributed by atoms with Gasteiger partial charge >= 0.3 is 0 Å². The van der Waals surface area contributed by atoms with E-state index in [0.29, 0.717) is 0 Å². The Morgan fingerprint density at radius 2 is 2.12 bits per heavy atom. The summed E-state index contributed by atoms with van der Waals surface area (Å²) in [7, 11) is 3.61. The first-order chi connectivity index (χ1) is 8.08. The van der Waals surface area contributed by atoms with Crippen molar-refractivity contribution in [1.82, 2.24) is 5.32 Å². The molecule has 2 atom stereocenters. The average molecular weight is 257 g/mol. The Hall–Kier alpha value is -0.770. The molecule has 0 saturated carbocycles. The van der Waals surface area contributed by atoms with Crippen molar-refractivity contribution in [2.45, 2.75) is 31.8 Å². The van der Waals surface area contributed by atoms with E-state index in [4.69, 9.17) is 22.1 Å². The van der Waals surface area contributed by atoms with Gasteiger partial charge in [-0.2, -0.15) is 0 Å². The lowest BCUT2D eigenvalue weighted by atomic mass is 9.99. The number of benzene rings is 1. The van der Waals surface area contributed by atoms with Gasteiger partial charge in [-0.3, -0.25) is 0 Å². The van der Waals surface area contributed by atoms with Gasteiger partial charge in [-0.25, -0.2) is 0 Å². The molecule has 0 radical (unpaired) electrons. The van der Waals surface area contributed by atoms with Crippen molar-refractivity contribution in [3.05, 3.63) is 28.8 Å². The number of ether oxygens (including phenoxy) is 1. The third-order valence-electron chi connectivity index (χ3n) is 2.83. The van der Waals surface area contributed by atoms with Gasteiger partial charge in [0, 0.05) is 22.7 Å². The van der Waals surface area contributed by atoms with Gasteiger partial charge in [-0.15, -0.1) is 0 Å². The highest BCUT2D eigenvalue weighted by Crippen LogP contribution is 2.30. The molecule has 2 unspecified atom stereocenters. The zero-order valence-electron chi connectivity index (χ0n) is 10.7. The molecule has 0 heterocycles. The Kier molecular flexibility index (Phi) is 5.75. The molecular formula is C13H21ClN2O. The normalized spacial score (nSPS) is 14.4. The number of nitrogens with two attached hydrogens (primary N) is 1. The molecule has 1 aromatic carbocycles. The maximum absolute atomic E-state index is 6.03. The van der Waals surface area contributed by atoms with Gasteiger partial charge in [0.25, 0.3) is 0 Å². The van der Waals surface area contributed by atoms with Gasteiger partial charge < -0.3 is 15.8 Å². The molecule has 17 heavy (non-hydrogen) atoms. The summed E-state index contributed by atoms with van der Waals surface area (Å²) in [4.78, 5) is 0. The Bertz CT molecular complexity index is 355. The van der Waals surface area contributed by atoms with Crippen LogP contribution in [0.2, 0.25) is 5.02 Å². The highest BCUT2D eigenvalue weighted by atomic mass is 35.5. The number of hydrogen-bond donors (Lipinski definition) is 2. The lowest BCUT2D eigenvalue weighted by Gasteiger charge is -2.20. The van der Waals surface area contributed by atoms with Crippen LogP contribution in [0.1, 0.15) is 31.4 Å². The van der Waals surface area contributed by atoms with Crippen LogP contribution in [0.5, 0.6) is 5.75 Å². The molecule has 3 N–H and O–H groups in total. The van der Waals surface area contributed by atoms with Crippen LogP contribution in [0.3, 0.4) is 0 Å². The van der Waals surface area contributed by atoms with E-state index in [-0.39, 0.29) is 12.1 Å². The van der Waals surface area contributed by atoms with Gasteiger partial charge in [-0.1, -0.05) is 11.6 Å². The summed E-state index contributed by atoms with van der Waals surface area (Å²) in [6.07, 6.45) is 1.92. The van der Waals surface area contributed by atoms with Crippen LogP contribution in [-0.4, -0.2) is 20.2 Å². The van der Waals surface area contributed by atoms with E-state index in [9.17, 15) is 0 Å². The van der Waals surface area contributed by atoms with E-state index in [2.05, 4.69) is 5.32 Å². The number of methoxy groups -OCH3 is 1. The lowest BCUT2D eigenvalue weighted by Crippen LogP contribution is -2.22. The van der Waals surface area contributed by atoms with E-state index in [1.807, 2.05) is 32.2 Å². The predicted molar refractivity (Wildman–Crippen MR) is 72.7 cm³/mol. The monoisotopic (exact) mass is 256 g/mol. The summed E-state index contributed by atoms with van der Waals surface area (Å²) in [5.41, 5.74) is 6.88. The highest BCUT2D eigenvalue weighted by molar-refractivity contribution is 6.30. The Morgan fingerprint density at radius 3 is 2.65 bits per heavy atom. The Balaban J connectivity index is 2.89. The van der Waals surface area contributed by atoms with Crippen LogP contribution in [0.4, 0.5) is 0 Å². The second-order valence-electron chi connectivity index (χ2n) is 4.28. The van der Waals surface area contributed by atoms with Crippen LogP contribution in [0, 0.1) is 0 Å². The molecule has 1 rings (SSSR count). The molecule has 0 amide bonds. The van der Waals surface area contributed by atoms with Crippen molar-refractivity contribution in [2.75, 3.05) is 14.2 Å². The standard InChI is InChI=1S/C13H21ClN2O/c1-9(15)4-6-12(16-2)11-8-10(14)5-7-13(11)17-3/h5,7-9,12,16H,4,6,15H2,1-3H3. The fraction of sp³-hybridized carbons (Fsp3) is 0.538. The van der Waals surface area contributed by atoms with Crippen molar-refractivity contribution in [2.24, 2.45) is 5.73 Å². The first-order valence-corrected chi connectivity index (χ1v) is 6.22. The molecule has 0 spiro atoms. The number of nitrogens with one attached hydrogen (secondary N) is 1. The van der Waals surface area contributed by atoms with Crippen molar-refractivity contribution in [3.8, 4) is 5.75 Å². The lowest BCUT2D eigenvalue weighted by molar-refractivity contribution is 0.395. The number of rotatable bonds is 6. The molecule has 4 heteroatoms. The van der Waals surface area contributed by atoms with Crippen molar-refractivity contribution < 1.29 is 4.74 Å². The molecule has 0 fully saturated rings. The molecule has 96 valence electrons. The third kappa shape index (κ3) is 4.19. The zero-order chi connectivity index (χ0) is 12.8. The second-order valence-corrected chi connectivity index (χ2v) is 4.72. The summed E-state index contributed by atoms with van der Waals surface area (Å²) in [5.74, 6) is 0.860. The molecule has 0 aliphatic heterocycles.